The second-order valence-corrected chi connectivity index (χ2v) is 5.18. The first-order valence-corrected chi connectivity index (χ1v) is 6.12. The van der Waals surface area contributed by atoms with Gasteiger partial charge in [-0.25, -0.2) is 0 Å². The van der Waals surface area contributed by atoms with Crippen LogP contribution in [-0.2, 0) is 4.79 Å². The van der Waals surface area contributed by atoms with Gasteiger partial charge in [0.25, 0.3) is 0 Å². The van der Waals surface area contributed by atoms with E-state index in [0.29, 0.717) is 6.42 Å². The van der Waals surface area contributed by atoms with Crippen molar-refractivity contribution in [1.29, 1.82) is 0 Å². The number of aryl methyl sites for hydroxylation is 1. The fraction of sp³-hybridized carbons (Fsp3) is 0.500. The first kappa shape index (κ1) is 12.1. The van der Waals surface area contributed by atoms with Crippen molar-refractivity contribution in [2.45, 2.75) is 38.1 Å². The third kappa shape index (κ3) is 2.67. The second-order valence-electron chi connectivity index (χ2n) is 5.18. The molecule has 2 rings (SSSR count). The first-order valence-electron chi connectivity index (χ1n) is 6.12. The van der Waals surface area contributed by atoms with Crippen LogP contribution in [-0.4, -0.2) is 18.5 Å². The van der Waals surface area contributed by atoms with E-state index < -0.39 is 0 Å². The summed E-state index contributed by atoms with van der Waals surface area (Å²) in [4.78, 5) is 13.8. The molecule has 2 N–H and O–H groups in total. The summed E-state index contributed by atoms with van der Waals surface area (Å²) in [5, 5.41) is 0. The Morgan fingerprint density at radius 2 is 1.94 bits per heavy atom. The van der Waals surface area contributed by atoms with Gasteiger partial charge in [0, 0.05) is 24.7 Å². The molecule has 3 nitrogen and oxygen atoms in total. The molecule has 1 saturated carbocycles. The van der Waals surface area contributed by atoms with Gasteiger partial charge in [-0.15, -0.1) is 0 Å². The van der Waals surface area contributed by atoms with Gasteiger partial charge in [0.15, 0.2) is 0 Å². The highest BCUT2D eigenvalue weighted by atomic mass is 16.2. The summed E-state index contributed by atoms with van der Waals surface area (Å²) in [5.74, 6) is 0.107. The Hall–Kier alpha value is -1.35. The number of hydrogen-bond donors (Lipinski definition) is 1. The zero-order valence-corrected chi connectivity index (χ0v) is 10.6. The average molecular weight is 232 g/mol. The Kier molecular flexibility index (Phi) is 3.20. The molecule has 17 heavy (non-hydrogen) atoms. The lowest BCUT2D eigenvalue weighted by Crippen LogP contribution is -2.50. The number of rotatable bonds is 3. The normalized spacial score (nSPS) is 17.4. The number of carbonyl (C=O) groups is 1. The van der Waals surface area contributed by atoms with Crippen LogP contribution in [0.1, 0.15) is 31.2 Å². The highest BCUT2D eigenvalue weighted by Crippen LogP contribution is 2.33. The fourth-order valence-electron chi connectivity index (χ4n) is 2.14. The Bertz CT molecular complexity index is 407. The smallest absolute Gasteiger partial charge is 0.228 e. The maximum Gasteiger partial charge on any atom is 0.228 e. The van der Waals surface area contributed by atoms with E-state index in [-0.39, 0.29) is 11.4 Å². The van der Waals surface area contributed by atoms with Gasteiger partial charge in [-0.2, -0.15) is 0 Å². The number of hydrogen-bond acceptors (Lipinski definition) is 2. The Morgan fingerprint density at radius 3 is 2.41 bits per heavy atom. The quantitative estimate of drug-likeness (QED) is 0.868. The second kappa shape index (κ2) is 4.49. The Balaban J connectivity index is 2.01. The molecule has 0 aliphatic heterocycles. The zero-order chi connectivity index (χ0) is 12.5. The van der Waals surface area contributed by atoms with Crippen molar-refractivity contribution < 1.29 is 4.79 Å². The molecule has 0 aromatic heterocycles. The van der Waals surface area contributed by atoms with Gasteiger partial charge in [-0.05, 0) is 38.3 Å². The van der Waals surface area contributed by atoms with Crippen LogP contribution in [0.4, 0.5) is 5.69 Å². The molecule has 92 valence electrons. The Labute approximate surface area is 103 Å². The van der Waals surface area contributed by atoms with Crippen LogP contribution < -0.4 is 10.6 Å². The predicted molar refractivity (Wildman–Crippen MR) is 70.0 cm³/mol. The minimum atomic E-state index is -0.240. The SMILES string of the molecule is Cc1ccc(N(C)C(=O)CC2(N)CCC2)cc1. The van der Waals surface area contributed by atoms with Gasteiger partial charge >= 0.3 is 0 Å². The van der Waals surface area contributed by atoms with E-state index in [2.05, 4.69) is 0 Å². The third-order valence-corrected chi connectivity index (χ3v) is 3.65. The number of anilines is 1. The summed E-state index contributed by atoms with van der Waals surface area (Å²) in [6.45, 7) is 2.04. The summed E-state index contributed by atoms with van der Waals surface area (Å²) in [6.07, 6.45) is 3.55. The van der Waals surface area contributed by atoms with Crippen LogP contribution in [0.5, 0.6) is 0 Å². The zero-order valence-electron chi connectivity index (χ0n) is 10.6. The molecule has 0 atom stereocenters. The maximum absolute atomic E-state index is 12.1. The molecule has 0 heterocycles. The van der Waals surface area contributed by atoms with Gasteiger partial charge in [0.2, 0.25) is 5.91 Å². The van der Waals surface area contributed by atoms with Crippen molar-refractivity contribution in [3.05, 3.63) is 29.8 Å². The largest absolute Gasteiger partial charge is 0.325 e. The van der Waals surface area contributed by atoms with Crippen molar-refractivity contribution in [2.24, 2.45) is 5.73 Å². The number of carbonyl (C=O) groups excluding carboxylic acids is 1. The minimum Gasteiger partial charge on any atom is -0.325 e. The molecular formula is C14H20N2O. The molecular weight excluding hydrogens is 212 g/mol. The molecule has 1 fully saturated rings. The predicted octanol–water partition coefficient (Wildman–Crippen LogP) is 2.23. The van der Waals surface area contributed by atoms with Crippen molar-refractivity contribution in [3.63, 3.8) is 0 Å². The van der Waals surface area contributed by atoms with E-state index in [0.717, 1.165) is 24.9 Å². The lowest BCUT2D eigenvalue weighted by Gasteiger charge is -2.38. The number of benzene rings is 1. The van der Waals surface area contributed by atoms with Crippen molar-refractivity contribution in [1.82, 2.24) is 0 Å². The molecule has 1 aliphatic carbocycles. The van der Waals surface area contributed by atoms with Crippen molar-refractivity contribution >= 4 is 11.6 Å². The lowest BCUT2D eigenvalue weighted by molar-refractivity contribution is -0.120. The van der Waals surface area contributed by atoms with Crippen molar-refractivity contribution in [3.8, 4) is 0 Å². The van der Waals surface area contributed by atoms with E-state index in [1.165, 1.54) is 5.56 Å². The van der Waals surface area contributed by atoms with Gasteiger partial charge in [0.1, 0.15) is 0 Å². The van der Waals surface area contributed by atoms with Gasteiger partial charge in [0.05, 0.1) is 0 Å². The van der Waals surface area contributed by atoms with E-state index >= 15 is 0 Å². The summed E-state index contributed by atoms with van der Waals surface area (Å²) >= 11 is 0. The Morgan fingerprint density at radius 1 is 1.35 bits per heavy atom. The van der Waals surface area contributed by atoms with Crippen LogP contribution in [0.25, 0.3) is 0 Å². The molecule has 0 radical (unpaired) electrons. The molecule has 1 aromatic carbocycles. The van der Waals surface area contributed by atoms with Gasteiger partial charge in [-0.1, -0.05) is 17.7 Å². The van der Waals surface area contributed by atoms with Crippen LogP contribution in [0.15, 0.2) is 24.3 Å². The van der Waals surface area contributed by atoms with E-state index in [9.17, 15) is 4.79 Å². The molecule has 0 spiro atoms. The first-order chi connectivity index (χ1) is 8.00. The standard InChI is InChI=1S/C14H20N2O/c1-11-4-6-12(7-5-11)16(2)13(17)10-14(15)8-3-9-14/h4-7H,3,8-10,15H2,1-2H3. The lowest BCUT2D eigenvalue weighted by atomic mass is 9.75. The third-order valence-electron chi connectivity index (χ3n) is 3.65. The number of nitrogens with zero attached hydrogens (tertiary/aromatic N) is 1. The molecule has 0 saturated heterocycles. The average Bonchev–Trinajstić information content (AvgIpc) is 2.27. The van der Waals surface area contributed by atoms with Gasteiger partial charge < -0.3 is 10.6 Å². The topological polar surface area (TPSA) is 46.3 Å². The highest BCUT2D eigenvalue weighted by Gasteiger charge is 2.35. The maximum atomic E-state index is 12.1. The summed E-state index contributed by atoms with van der Waals surface area (Å²) < 4.78 is 0. The highest BCUT2D eigenvalue weighted by molar-refractivity contribution is 5.93. The molecule has 0 bridgehead atoms. The molecule has 1 aromatic rings. The molecule has 1 aliphatic rings. The molecule has 0 unspecified atom stereocenters. The summed E-state index contributed by atoms with van der Waals surface area (Å²) in [6, 6.07) is 7.97. The van der Waals surface area contributed by atoms with Crippen LogP contribution in [0, 0.1) is 6.92 Å². The fourth-order valence-corrected chi connectivity index (χ4v) is 2.14. The van der Waals surface area contributed by atoms with Crippen LogP contribution >= 0.6 is 0 Å². The molecule has 1 amide bonds. The number of nitrogens with two attached hydrogens (primary N) is 1. The van der Waals surface area contributed by atoms with E-state index in [4.69, 9.17) is 5.73 Å². The monoisotopic (exact) mass is 232 g/mol. The summed E-state index contributed by atoms with van der Waals surface area (Å²) in [7, 11) is 1.81. The van der Waals surface area contributed by atoms with Gasteiger partial charge in [-0.3, -0.25) is 4.79 Å². The van der Waals surface area contributed by atoms with E-state index in [1.54, 1.807) is 4.90 Å². The van der Waals surface area contributed by atoms with E-state index in [1.807, 2.05) is 38.2 Å². The minimum absolute atomic E-state index is 0.107. The molecule has 3 heteroatoms. The van der Waals surface area contributed by atoms with Crippen LogP contribution in [0.2, 0.25) is 0 Å². The van der Waals surface area contributed by atoms with Crippen LogP contribution in [0.3, 0.4) is 0 Å². The summed E-state index contributed by atoms with van der Waals surface area (Å²) in [5.41, 5.74) is 7.99. The number of amides is 1. The van der Waals surface area contributed by atoms with Crippen molar-refractivity contribution in [2.75, 3.05) is 11.9 Å².